The molecule has 0 amide bonds. The van der Waals surface area contributed by atoms with E-state index in [9.17, 15) is 14.4 Å². The average Bonchev–Trinajstić information content (AvgIpc) is 3.36. The molecule has 1 aliphatic rings. The highest BCUT2D eigenvalue weighted by Gasteiger charge is 2.50. The molecule has 8 heteroatoms. The quantitative estimate of drug-likeness (QED) is 0.131. The Kier molecular flexibility index (Phi) is 8.91. The van der Waals surface area contributed by atoms with Crippen LogP contribution in [0.15, 0.2) is 115 Å². The van der Waals surface area contributed by atoms with Crippen molar-refractivity contribution < 1.29 is 33.3 Å². The first kappa shape index (κ1) is 29.4. The van der Waals surface area contributed by atoms with Crippen LogP contribution in [0, 0.1) is 0 Å². The number of carbonyl (C=O) groups excluding carboxylic acids is 3. The molecule has 6 rings (SSSR count). The monoisotopic (exact) mass is 606 g/mol. The number of esters is 3. The van der Waals surface area contributed by atoms with Gasteiger partial charge in [-0.05, 0) is 51.4 Å². The van der Waals surface area contributed by atoms with Gasteiger partial charge in [0.1, 0.15) is 18.8 Å². The Balaban J connectivity index is 1.25. The van der Waals surface area contributed by atoms with Crippen LogP contribution in [0.4, 0.5) is 0 Å². The van der Waals surface area contributed by atoms with Crippen LogP contribution >= 0.6 is 11.8 Å². The standard InChI is InChI=1S/C36H30O7S/c1-23(37)42-36-33(40-21-24-9-3-2-4-10-24)32(43-35(39)30-18-16-26-12-6-8-14-28(26)20-30)31(44-36)22-41-34(38)29-17-15-25-11-5-7-13-27(25)19-29/h2-20,31-33,36H,21-22H2,1H3/t31-,32+,33-,36?/m1/s1. The van der Waals surface area contributed by atoms with Crippen LogP contribution in [0.2, 0.25) is 0 Å². The van der Waals surface area contributed by atoms with Gasteiger partial charge in [0, 0.05) is 6.92 Å². The first-order valence-electron chi connectivity index (χ1n) is 14.3. The Hall–Kier alpha value is -4.66. The third kappa shape index (κ3) is 6.77. The summed E-state index contributed by atoms with van der Waals surface area (Å²) >= 11 is 1.25. The molecule has 0 saturated carbocycles. The summed E-state index contributed by atoms with van der Waals surface area (Å²) in [7, 11) is 0. The van der Waals surface area contributed by atoms with Gasteiger partial charge in [-0.25, -0.2) is 9.59 Å². The molecule has 1 aliphatic heterocycles. The number of benzene rings is 5. The maximum absolute atomic E-state index is 13.5. The van der Waals surface area contributed by atoms with Crippen molar-refractivity contribution >= 4 is 51.2 Å². The summed E-state index contributed by atoms with van der Waals surface area (Å²) in [5.74, 6) is -1.55. The molecule has 0 radical (unpaired) electrons. The summed E-state index contributed by atoms with van der Waals surface area (Å²) in [6.45, 7) is 1.43. The minimum atomic E-state index is -0.878. The molecule has 1 fully saturated rings. The maximum atomic E-state index is 13.5. The van der Waals surface area contributed by atoms with Crippen molar-refractivity contribution in [1.82, 2.24) is 0 Å². The number of fused-ring (bicyclic) bond motifs is 2. The van der Waals surface area contributed by atoms with Crippen molar-refractivity contribution in [3.05, 3.63) is 132 Å². The smallest absolute Gasteiger partial charge is 0.338 e. The molecule has 4 atom stereocenters. The van der Waals surface area contributed by atoms with E-state index in [-0.39, 0.29) is 13.2 Å². The molecule has 0 bridgehead atoms. The van der Waals surface area contributed by atoms with E-state index in [1.807, 2.05) is 91.0 Å². The lowest BCUT2D eigenvalue weighted by atomic mass is 10.1. The van der Waals surface area contributed by atoms with Crippen molar-refractivity contribution in [2.45, 2.75) is 36.4 Å². The summed E-state index contributed by atoms with van der Waals surface area (Å²) in [6, 6.07) is 35.7. The Morgan fingerprint density at radius 1 is 0.636 bits per heavy atom. The fraction of sp³-hybridized carbons (Fsp3) is 0.194. The average molecular weight is 607 g/mol. The zero-order chi connectivity index (χ0) is 30.5. The molecule has 0 spiro atoms. The summed E-state index contributed by atoms with van der Waals surface area (Å²) < 4.78 is 23.8. The molecular weight excluding hydrogens is 576 g/mol. The highest BCUT2D eigenvalue weighted by atomic mass is 32.2. The van der Waals surface area contributed by atoms with Crippen LogP contribution in [0.3, 0.4) is 0 Å². The normalized spacial score (nSPS) is 19.5. The largest absolute Gasteiger partial charge is 0.461 e. The van der Waals surface area contributed by atoms with E-state index in [2.05, 4.69) is 0 Å². The van der Waals surface area contributed by atoms with Crippen molar-refractivity contribution in [2.75, 3.05) is 6.61 Å². The summed E-state index contributed by atoms with van der Waals surface area (Å²) in [4.78, 5) is 38.7. The minimum absolute atomic E-state index is 0.0883. The first-order chi connectivity index (χ1) is 21.4. The Bertz CT molecular complexity index is 1800. The number of carbonyl (C=O) groups is 3. The van der Waals surface area contributed by atoms with Crippen LogP contribution in [-0.4, -0.2) is 47.4 Å². The molecule has 1 unspecified atom stereocenters. The molecule has 222 valence electrons. The van der Waals surface area contributed by atoms with Crippen LogP contribution in [0.25, 0.3) is 21.5 Å². The lowest BCUT2D eigenvalue weighted by Gasteiger charge is -2.25. The van der Waals surface area contributed by atoms with E-state index >= 15 is 0 Å². The highest BCUT2D eigenvalue weighted by molar-refractivity contribution is 8.00. The molecule has 0 aromatic heterocycles. The molecule has 5 aromatic rings. The van der Waals surface area contributed by atoms with E-state index in [1.165, 1.54) is 18.7 Å². The van der Waals surface area contributed by atoms with Gasteiger partial charge in [0.25, 0.3) is 0 Å². The Labute approximate surface area is 259 Å². The van der Waals surface area contributed by atoms with E-state index < -0.39 is 40.8 Å². The SMILES string of the molecule is CC(=O)OC1S[C@H](COC(=O)c2ccc3ccccc3c2)[C@H](OC(=O)c2ccc3ccccc3c2)[C@H]1OCc1ccccc1. The molecular formula is C36H30O7S. The summed E-state index contributed by atoms with van der Waals surface area (Å²) in [5, 5.41) is 3.27. The second kappa shape index (κ2) is 13.3. The molecule has 0 N–H and O–H groups in total. The van der Waals surface area contributed by atoms with Gasteiger partial charge in [-0.3, -0.25) is 4.79 Å². The van der Waals surface area contributed by atoms with Crippen LogP contribution < -0.4 is 0 Å². The summed E-state index contributed by atoms with van der Waals surface area (Å²) in [6.07, 6.45) is -1.69. The number of hydrogen-bond acceptors (Lipinski definition) is 8. The number of ether oxygens (including phenoxy) is 4. The number of thioether (sulfide) groups is 1. The van der Waals surface area contributed by atoms with Crippen LogP contribution in [0.5, 0.6) is 0 Å². The molecule has 1 heterocycles. The van der Waals surface area contributed by atoms with E-state index in [4.69, 9.17) is 18.9 Å². The zero-order valence-corrected chi connectivity index (χ0v) is 24.8. The predicted molar refractivity (Wildman–Crippen MR) is 169 cm³/mol. The zero-order valence-electron chi connectivity index (χ0n) is 24.0. The molecule has 5 aromatic carbocycles. The van der Waals surface area contributed by atoms with E-state index in [1.54, 1.807) is 24.3 Å². The van der Waals surface area contributed by atoms with Gasteiger partial charge in [0.15, 0.2) is 5.44 Å². The van der Waals surface area contributed by atoms with E-state index in [0.29, 0.717) is 11.1 Å². The third-order valence-corrected chi connectivity index (χ3v) is 8.81. The minimum Gasteiger partial charge on any atom is -0.461 e. The van der Waals surface area contributed by atoms with Crippen molar-refractivity contribution in [3.8, 4) is 0 Å². The first-order valence-corrected chi connectivity index (χ1v) is 15.2. The third-order valence-electron chi connectivity index (χ3n) is 7.43. The fourth-order valence-electron chi connectivity index (χ4n) is 5.23. The summed E-state index contributed by atoms with van der Waals surface area (Å²) in [5.41, 5.74) is 0.906. The van der Waals surface area contributed by atoms with Crippen molar-refractivity contribution in [3.63, 3.8) is 0 Å². The predicted octanol–water partition coefficient (Wildman–Crippen LogP) is 6.97. The van der Waals surface area contributed by atoms with Gasteiger partial charge in [0.05, 0.1) is 23.0 Å². The lowest BCUT2D eigenvalue weighted by Crippen LogP contribution is -2.41. The highest BCUT2D eigenvalue weighted by Crippen LogP contribution is 2.40. The topological polar surface area (TPSA) is 88.1 Å². The number of hydrogen-bond donors (Lipinski definition) is 0. The second-order valence-corrected chi connectivity index (χ2v) is 11.8. The van der Waals surface area contributed by atoms with Gasteiger partial charge < -0.3 is 18.9 Å². The molecule has 44 heavy (non-hydrogen) atoms. The van der Waals surface area contributed by atoms with Gasteiger partial charge in [0.2, 0.25) is 0 Å². The number of rotatable bonds is 9. The van der Waals surface area contributed by atoms with Gasteiger partial charge >= 0.3 is 17.9 Å². The van der Waals surface area contributed by atoms with Crippen molar-refractivity contribution in [1.29, 1.82) is 0 Å². The second-order valence-electron chi connectivity index (χ2n) is 10.5. The van der Waals surface area contributed by atoms with Gasteiger partial charge in [-0.2, -0.15) is 0 Å². The van der Waals surface area contributed by atoms with Gasteiger partial charge in [-0.1, -0.05) is 91.0 Å². The Morgan fingerprint density at radius 3 is 1.82 bits per heavy atom. The molecule has 1 saturated heterocycles. The lowest BCUT2D eigenvalue weighted by molar-refractivity contribution is -0.152. The molecule has 0 aliphatic carbocycles. The van der Waals surface area contributed by atoms with Gasteiger partial charge in [-0.15, -0.1) is 11.8 Å². The fourth-order valence-corrected chi connectivity index (χ4v) is 6.67. The Morgan fingerprint density at radius 2 is 1.20 bits per heavy atom. The maximum Gasteiger partial charge on any atom is 0.338 e. The van der Waals surface area contributed by atoms with E-state index in [0.717, 1.165) is 27.1 Å². The van der Waals surface area contributed by atoms with Crippen molar-refractivity contribution in [2.24, 2.45) is 0 Å². The van der Waals surface area contributed by atoms with Crippen LogP contribution in [-0.2, 0) is 30.3 Å². The van der Waals surface area contributed by atoms with Crippen LogP contribution in [0.1, 0.15) is 33.2 Å². The molecule has 7 nitrogen and oxygen atoms in total.